The highest BCUT2D eigenvalue weighted by molar-refractivity contribution is 5.96. The Hall–Kier alpha value is -1.59. The summed E-state index contributed by atoms with van der Waals surface area (Å²) in [5.74, 6) is 0.0360. The summed E-state index contributed by atoms with van der Waals surface area (Å²) >= 11 is 0. The summed E-state index contributed by atoms with van der Waals surface area (Å²) < 4.78 is 10.9. The van der Waals surface area contributed by atoms with Gasteiger partial charge in [-0.2, -0.15) is 0 Å². The van der Waals surface area contributed by atoms with Crippen LogP contribution in [0.25, 0.3) is 0 Å². The van der Waals surface area contributed by atoms with Crippen molar-refractivity contribution >= 4 is 17.3 Å². The fourth-order valence-corrected chi connectivity index (χ4v) is 4.79. The van der Waals surface area contributed by atoms with E-state index >= 15 is 0 Å². The molecule has 4 rings (SSSR count). The van der Waals surface area contributed by atoms with Crippen LogP contribution < -0.4 is 10.2 Å². The second-order valence-corrected chi connectivity index (χ2v) is 7.54. The van der Waals surface area contributed by atoms with Gasteiger partial charge in [-0.1, -0.05) is 6.42 Å². The summed E-state index contributed by atoms with van der Waals surface area (Å²) in [7, 11) is 1.56. The van der Waals surface area contributed by atoms with Crippen molar-refractivity contribution in [1.29, 1.82) is 0 Å². The number of amides is 1. The molecule has 5 nitrogen and oxygen atoms in total. The third-order valence-electron chi connectivity index (χ3n) is 6.32. The quantitative estimate of drug-likeness (QED) is 0.862. The smallest absolute Gasteiger partial charge is 0.252 e. The number of nitrogens with one attached hydrogen (secondary N) is 1. The van der Waals surface area contributed by atoms with E-state index in [1.165, 1.54) is 30.5 Å². The predicted octanol–water partition coefficient (Wildman–Crippen LogP) is 2.98. The maximum Gasteiger partial charge on any atom is 0.252 e. The summed E-state index contributed by atoms with van der Waals surface area (Å²) in [5.41, 5.74) is 3.81. The van der Waals surface area contributed by atoms with Crippen molar-refractivity contribution in [2.75, 3.05) is 37.1 Å². The Morgan fingerprint density at radius 2 is 2.24 bits per heavy atom. The Morgan fingerprint density at radius 1 is 1.40 bits per heavy atom. The average Bonchev–Trinajstić information content (AvgIpc) is 2.95. The molecule has 1 spiro atoms. The third kappa shape index (κ3) is 2.74. The van der Waals surface area contributed by atoms with E-state index in [9.17, 15) is 4.79 Å². The molecule has 0 aromatic heterocycles. The number of hydrogen-bond acceptors (Lipinski definition) is 4. The van der Waals surface area contributed by atoms with E-state index in [0.717, 1.165) is 31.7 Å². The third-order valence-corrected chi connectivity index (χ3v) is 6.32. The van der Waals surface area contributed by atoms with E-state index in [-0.39, 0.29) is 12.5 Å². The fourth-order valence-electron chi connectivity index (χ4n) is 4.79. The molecule has 0 bridgehead atoms. The standard InChI is InChI=1S/C20H28N2O3/c1-3-25-18-12-17(20(18)8-4-9-20)21-15-5-6-16-14(11-15)7-10-22(16)19(23)13-24-2/h5-6,11,17-18,21H,3-4,7-10,12-13H2,1-2H3/t17-,18+/m0/s1. The van der Waals surface area contributed by atoms with Gasteiger partial charge >= 0.3 is 0 Å². The van der Waals surface area contributed by atoms with Crippen LogP contribution in [0.3, 0.4) is 0 Å². The monoisotopic (exact) mass is 344 g/mol. The first kappa shape index (κ1) is 16.9. The highest BCUT2D eigenvalue weighted by Crippen LogP contribution is 2.58. The average molecular weight is 344 g/mol. The van der Waals surface area contributed by atoms with Gasteiger partial charge < -0.3 is 19.7 Å². The van der Waals surface area contributed by atoms with Crippen molar-refractivity contribution in [3.05, 3.63) is 23.8 Å². The molecule has 1 amide bonds. The molecule has 25 heavy (non-hydrogen) atoms. The van der Waals surface area contributed by atoms with Crippen molar-refractivity contribution in [2.45, 2.75) is 51.2 Å². The summed E-state index contributed by atoms with van der Waals surface area (Å²) in [5, 5.41) is 3.75. The molecule has 3 aliphatic rings. The van der Waals surface area contributed by atoms with E-state index in [1.807, 2.05) is 4.90 Å². The molecular formula is C20H28N2O3. The normalized spacial score (nSPS) is 26.1. The molecule has 136 valence electrons. The molecule has 1 heterocycles. The molecule has 1 N–H and O–H groups in total. The van der Waals surface area contributed by atoms with Crippen molar-refractivity contribution in [3.63, 3.8) is 0 Å². The van der Waals surface area contributed by atoms with E-state index < -0.39 is 0 Å². The number of carbonyl (C=O) groups excluding carboxylic acids is 1. The van der Waals surface area contributed by atoms with Crippen LogP contribution in [0.1, 0.15) is 38.2 Å². The minimum atomic E-state index is 0.0360. The summed E-state index contributed by atoms with van der Waals surface area (Å²) in [6, 6.07) is 6.92. The molecule has 2 atom stereocenters. The first-order valence-electron chi connectivity index (χ1n) is 9.48. The number of anilines is 2. The highest BCUT2D eigenvalue weighted by atomic mass is 16.5. The number of ether oxygens (including phenoxy) is 2. The van der Waals surface area contributed by atoms with Gasteiger partial charge in [-0.05, 0) is 56.4 Å². The Bertz CT molecular complexity index is 656. The van der Waals surface area contributed by atoms with Crippen LogP contribution in [0.15, 0.2) is 18.2 Å². The number of rotatable bonds is 6. The summed E-state index contributed by atoms with van der Waals surface area (Å²) in [6.45, 7) is 3.79. The molecule has 2 fully saturated rings. The maximum absolute atomic E-state index is 12.1. The molecule has 2 aliphatic carbocycles. The number of carbonyl (C=O) groups is 1. The van der Waals surface area contributed by atoms with Gasteiger partial charge in [0, 0.05) is 43.1 Å². The van der Waals surface area contributed by atoms with Gasteiger partial charge in [0.2, 0.25) is 0 Å². The van der Waals surface area contributed by atoms with Crippen LogP contribution >= 0.6 is 0 Å². The largest absolute Gasteiger partial charge is 0.382 e. The minimum Gasteiger partial charge on any atom is -0.382 e. The topological polar surface area (TPSA) is 50.8 Å². The van der Waals surface area contributed by atoms with Crippen molar-refractivity contribution in [1.82, 2.24) is 0 Å². The molecule has 0 unspecified atom stereocenters. The molecule has 0 radical (unpaired) electrons. The van der Waals surface area contributed by atoms with Gasteiger partial charge in [-0.25, -0.2) is 0 Å². The summed E-state index contributed by atoms with van der Waals surface area (Å²) in [4.78, 5) is 14.0. The van der Waals surface area contributed by atoms with Gasteiger partial charge in [0.25, 0.3) is 5.91 Å². The number of nitrogens with zero attached hydrogens (tertiary/aromatic N) is 1. The highest BCUT2D eigenvalue weighted by Gasteiger charge is 2.58. The zero-order chi connectivity index (χ0) is 17.4. The molecule has 5 heteroatoms. The SMILES string of the molecule is CCO[C@@H]1C[C@H](Nc2ccc3c(c2)CCN3C(=O)COC)C12CCC2. The van der Waals surface area contributed by atoms with E-state index in [4.69, 9.17) is 9.47 Å². The van der Waals surface area contributed by atoms with Crippen LogP contribution in [0.4, 0.5) is 11.4 Å². The van der Waals surface area contributed by atoms with Crippen molar-refractivity contribution in [3.8, 4) is 0 Å². The van der Waals surface area contributed by atoms with E-state index in [2.05, 4.69) is 30.4 Å². The molecule has 2 saturated carbocycles. The Labute approximate surface area is 149 Å². The second-order valence-electron chi connectivity index (χ2n) is 7.54. The molecule has 1 aromatic carbocycles. The van der Waals surface area contributed by atoms with Crippen LogP contribution in [-0.2, 0) is 20.7 Å². The molecular weight excluding hydrogens is 316 g/mol. The number of methoxy groups -OCH3 is 1. The first-order chi connectivity index (χ1) is 12.2. The van der Waals surface area contributed by atoms with Crippen LogP contribution in [0, 0.1) is 5.41 Å². The Balaban J connectivity index is 1.44. The maximum atomic E-state index is 12.1. The fraction of sp³-hybridized carbons (Fsp3) is 0.650. The van der Waals surface area contributed by atoms with Gasteiger partial charge in [0.15, 0.2) is 0 Å². The van der Waals surface area contributed by atoms with Gasteiger partial charge in [-0.3, -0.25) is 4.79 Å². The second kappa shape index (κ2) is 6.61. The number of hydrogen-bond donors (Lipinski definition) is 1. The van der Waals surface area contributed by atoms with E-state index in [0.29, 0.717) is 17.6 Å². The van der Waals surface area contributed by atoms with Gasteiger partial charge in [0.1, 0.15) is 6.61 Å². The molecule has 1 aliphatic heterocycles. The molecule has 0 saturated heterocycles. The number of fused-ring (bicyclic) bond motifs is 1. The van der Waals surface area contributed by atoms with Crippen LogP contribution in [-0.4, -0.2) is 44.9 Å². The van der Waals surface area contributed by atoms with Gasteiger partial charge in [0.05, 0.1) is 6.10 Å². The summed E-state index contributed by atoms with van der Waals surface area (Å²) in [6.07, 6.45) is 6.32. The zero-order valence-electron chi connectivity index (χ0n) is 15.2. The lowest BCUT2D eigenvalue weighted by Crippen LogP contribution is -2.64. The first-order valence-corrected chi connectivity index (χ1v) is 9.48. The lowest BCUT2D eigenvalue weighted by Gasteiger charge is -2.61. The number of benzene rings is 1. The van der Waals surface area contributed by atoms with Gasteiger partial charge in [-0.15, -0.1) is 0 Å². The van der Waals surface area contributed by atoms with Crippen molar-refractivity contribution < 1.29 is 14.3 Å². The lowest BCUT2D eigenvalue weighted by atomic mass is 9.51. The lowest BCUT2D eigenvalue weighted by molar-refractivity contribution is -0.157. The van der Waals surface area contributed by atoms with Crippen molar-refractivity contribution in [2.24, 2.45) is 5.41 Å². The Kier molecular flexibility index (Phi) is 4.46. The minimum absolute atomic E-state index is 0.0360. The van der Waals surface area contributed by atoms with E-state index in [1.54, 1.807) is 7.11 Å². The predicted molar refractivity (Wildman–Crippen MR) is 98.1 cm³/mol. The molecule has 1 aromatic rings. The zero-order valence-corrected chi connectivity index (χ0v) is 15.2. The van der Waals surface area contributed by atoms with Crippen LogP contribution in [0.2, 0.25) is 0 Å². The Morgan fingerprint density at radius 3 is 2.92 bits per heavy atom. The van der Waals surface area contributed by atoms with Crippen LogP contribution in [0.5, 0.6) is 0 Å².